The zero-order valence-corrected chi connectivity index (χ0v) is 12.9. The summed E-state index contributed by atoms with van der Waals surface area (Å²) in [5, 5.41) is 4.10. The molecule has 0 atom stereocenters. The molecular formula is C19H17NO2. The highest BCUT2D eigenvalue weighted by molar-refractivity contribution is 5.95. The molecule has 3 nitrogen and oxygen atoms in total. The van der Waals surface area contributed by atoms with Crippen LogP contribution in [0.1, 0.15) is 23.6 Å². The maximum absolute atomic E-state index is 11.6. The Balaban J connectivity index is 1.94. The topological polar surface area (TPSA) is 40.4 Å². The molecule has 0 aromatic heterocycles. The molecule has 0 N–H and O–H groups in total. The average molecular weight is 291 g/mol. The fraction of sp³-hybridized carbons (Fsp3) is 0.158. The van der Waals surface area contributed by atoms with Crippen LogP contribution >= 0.6 is 0 Å². The summed E-state index contributed by atoms with van der Waals surface area (Å²) in [6, 6.07) is 14.5. The highest BCUT2D eigenvalue weighted by atomic mass is 16.6. The molecule has 2 radical (unpaired) electrons. The predicted molar refractivity (Wildman–Crippen MR) is 86.5 cm³/mol. The van der Waals surface area contributed by atoms with E-state index in [0.717, 1.165) is 16.7 Å². The summed E-state index contributed by atoms with van der Waals surface area (Å²) < 4.78 is 4.93. The quantitative estimate of drug-likeness (QED) is 0.620. The zero-order chi connectivity index (χ0) is 15.7. The number of carbonyl (C=O) groups is 1. The minimum absolute atomic E-state index is 0.342. The van der Waals surface area contributed by atoms with Crippen molar-refractivity contribution in [3.05, 3.63) is 71.1 Å². The van der Waals surface area contributed by atoms with Crippen molar-refractivity contribution in [1.82, 2.24) is 5.32 Å². The fourth-order valence-electron chi connectivity index (χ4n) is 2.40. The van der Waals surface area contributed by atoms with Crippen LogP contribution < -0.4 is 5.32 Å². The van der Waals surface area contributed by atoms with Crippen molar-refractivity contribution in [2.24, 2.45) is 0 Å². The van der Waals surface area contributed by atoms with E-state index in [2.05, 4.69) is 43.4 Å². The number of ether oxygens (including phenoxy) is 1. The van der Waals surface area contributed by atoms with Gasteiger partial charge < -0.3 is 4.74 Å². The molecule has 3 heteroatoms. The molecule has 0 spiro atoms. The first kappa shape index (κ1) is 14.4. The lowest BCUT2D eigenvalue weighted by Gasteiger charge is -2.06. The molecule has 1 fully saturated rings. The number of hydrogen-bond donors (Lipinski definition) is 0. The van der Waals surface area contributed by atoms with Gasteiger partial charge in [-0.2, -0.15) is 0 Å². The second kappa shape index (κ2) is 5.68. The van der Waals surface area contributed by atoms with Gasteiger partial charge in [-0.1, -0.05) is 36.4 Å². The normalized spacial score (nSPS) is 16.7. The lowest BCUT2D eigenvalue weighted by molar-refractivity contribution is -0.134. The van der Waals surface area contributed by atoms with Crippen LogP contribution in [0.5, 0.6) is 0 Å². The number of cyclic esters (lactones) is 1. The van der Waals surface area contributed by atoms with E-state index >= 15 is 0 Å². The highest BCUT2D eigenvalue weighted by Gasteiger charge is 2.27. The molecule has 22 heavy (non-hydrogen) atoms. The summed E-state index contributed by atoms with van der Waals surface area (Å²) >= 11 is 0. The molecule has 1 aliphatic rings. The van der Waals surface area contributed by atoms with Crippen LogP contribution in [0, 0.1) is 20.1 Å². The molecule has 0 saturated carbocycles. The maximum Gasteiger partial charge on any atom is 0.359 e. The summed E-state index contributed by atoms with van der Waals surface area (Å²) in [6.07, 6.45) is 2.14. The Hall–Kier alpha value is -2.55. The van der Waals surface area contributed by atoms with E-state index < -0.39 is 5.97 Å². The van der Waals surface area contributed by atoms with E-state index in [1.54, 1.807) is 13.0 Å². The van der Waals surface area contributed by atoms with Crippen LogP contribution in [0.3, 0.4) is 0 Å². The number of aryl methyl sites for hydroxylation is 2. The van der Waals surface area contributed by atoms with Crippen molar-refractivity contribution in [2.75, 3.05) is 0 Å². The van der Waals surface area contributed by atoms with Crippen LogP contribution in [0.15, 0.2) is 48.2 Å². The Bertz CT molecular complexity index is 762. The lowest BCUT2D eigenvalue weighted by Crippen LogP contribution is -1.99. The third-order valence-electron chi connectivity index (χ3n) is 3.76. The fourth-order valence-corrected chi connectivity index (χ4v) is 2.40. The number of nitrogens with zero attached hydrogens (tertiary/aromatic N) is 1. The zero-order valence-electron chi connectivity index (χ0n) is 12.9. The van der Waals surface area contributed by atoms with Crippen molar-refractivity contribution < 1.29 is 9.53 Å². The SMILES string of the molecule is C[C]1[N]C(=Cc2cccc(-c3ccc(C)c(C)c3)c2)C(=O)O1. The van der Waals surface area contributed by atoms with Crippen molar-refractivity contribution >= 4 is 12.0 Å². The van der Waals surface area contributed by atoms with Crippen LogP contribution in [0.2, 0.25) is 0 Å². The van der Waals surface area contributed by atoms with Gasteiger partial charge in [-0.25, -0.2) is 10.1 Å². The molecule has 0 amide bonds. The molecule has 2 aromatic rings. The third kappa shape index (κ3) is 2.89. The van der Waals surface area contributed by atoms with E-state index in [0.29, 0.717) is 11.9 Å². The molecule has 3 rings (SSSR count). The van der Waals surface area contributed by atoms with Gasteiger partial charge >= 0.3 is 5.97 Å². The molecule has 2 aromatic carbocycles. The number of carbonyl (C=O) groups excluding carboxylic acids is 1. The van der Waals surface area contributed by atoms with Gasteiger partial charge in [0.15, 0.2) is 0 Å². The van der Waals surface area contributed by atoms with Crippen molar-refractivity contribution in [3.63, 3.8) is 0 Å². The van der Waals surface area contributed by atoms with Gasteiger partial charge in [0.2, 0.25) is 0 Å². The Morgan fingerprint density at radius 2 is 1.73 bits per heavy atom. The Morgan fingerprint density at radius 3 is 2.41 bits per heavy atom. The van der Waals surface area contributed by atoms with E-state index in [-0.39, 0.29) is 0 Å². The predicted octanol–water partition coefficient (Wildman–Crippen LogP) is 3.98. The summed E-state index contributed by atoms with van der Waals surface area (Å²) in [4.78, 5) is 11.6. The molecule has 0 bridgehead atoms. The first-order valence-electron chi connectivity index (χ1n) is 7.20. The lowest BCUT2D eigenvalue weighted by atomic mass is 9.99. The molecule has 0 aliphatic carbocycles. The number of benzene rings is 2. The van der Waals surface area contributed by atoms with Gasteiger partial charge in [0.25, 0.3) is 6.23 Å². The van der Waals surface area contributed by atoms with Crippen LogP contribution in [-0.2, 0) is 9.53 Å². The standard InChI is InChI=1S/C19H17NO2/c1-12-7-8-17(9-13(12)2)16-6-4-5-15(10-16)11-18-19(21)22-14(3)20-18/h4-11H,1-3H3. The van der Waals surface area contributed by atoms with E-state index in [1.165, 1.54) is 11.1 Å². The van der Waals surface area contributed by atoms with Gasteiger partial charge in [-0.05, 0) is 53.8 Å². The molecule has 1 aliphatic heterocycles. The van der Waals surface area contributed by atoms with E-state index in [4.69, 9.17) is 4.74 Å². The Kier molecular flexibility index (Phi) is 3.72. The average Bonchev–Trinajstić information content (AvgIpc) is 2.80. The largest absolute Gasteiger partial charge is 0.426 e. The molecular weight excluding hydrogens is 274 g/mol. The molecule has 110 valence electrons. The summed E-state index contributed by atoms with van der Waals surface area (Å²) in [7, 11) is 0. The Labute approximate surface area is 130 Å². The van der Waals surface area contributed by atoms with Gasteiger partial charge in [0.1, 0.15) is 5.70 Å². The summed E-state index contributed by atoms with van der Waals surface area (Å²) in [5.41, 5.74) is 6.10. The van der Waals surface area contributed by atoms with Crippen molar-refractivity contribution in [3.8, 4) is 11.1 Å². The summed E-state index contributed by atoms with van der Waals surface area (Å²) in [6.45, 7) is 5.88. The van der Waals surface area contributed by atoms with Crippen LogP contribution in [0.4, 0.5) is 0 Å². The van der Waals surface area contributed by atoms with Gasteiger partial charge in [0, 0.05) is 6.92 Å². The van der Waals surface area contributed by atoms with E-state index in [9.17, 15) is 4.79 Å². The minimum Gasteiger partial charge on any atom is -0.426 e. The van der Waals surface area contributed by atoms with Gasteiger partial charge in [0.05, 0.1) is 0 Å². The van der Waals surface area contributed by atoms with Gasteiger partial charge in [-0.3, -0.25) is 0 Å². The molecule has 1 saturated heterocycles. The molecule has 1 heterocycles. The maximum atomic E-state index is 11.6. The molecule has 0 unspecified atom stereocenters. The van der Waals surface area contributed by atoms with E-state index in [1.807, 2.05) is 18.2 Å². The second-order valence-corrected chi connectivity index (χ2v) is 5.47. The smallest absolute Gasteiger partial charge is 0.359 e. The van der Waals surface area contributed by atoms with Crippen molar-refractivity contribution in [2.45, 2.75) is 20.8 Å². The van der Waals surface area contributed by atoms with Crippen LogP contribution in [0.25, 0.3) is 17.2 Å². The van der Waals surface area contributed by atoms with Crippen molar-refractivity contribution in [1.29, 1.82) is 0 Å². The Morgan fingerprint density at radius 1 is 0.955 bits per heavy atom. The first-order valence-corrected chi connectivity index (χ1v) is 7.20. The highest BCUT2D eigenvalue weighted by Crippen LogP contribution is 2.25. The third-order valence-corrected chi connectivity index (χ3v) is 3.76. The first-order chi connectivity index (χ1) is 10.5. The number of esters is 1. The second-order valence-electron chi connectivity index (χ2n) is 5.47. The van der Waals surface area contributed by atoms with Crippen LogP contribution in [-0.4, -0.2) is 5.97 Å². The number of hydrogen-bond acceptors (Lipinski definition) is 2. The monoisotopic (exact) mass is 291 g/mol. The minimum atomic E-state index is -0.394. The summed E-state index contributed by atoms with van der Waals surface area (Å²) in [5.74, 6) is -0.394. The number of rotatable bonds is 2. The van der Waals surface area contributed by atoms with Gasteiger partial charge in [-0.15, -0.1) is 0 Å².